The maximum Gasteiger partial charge on any atom is 0.338 e. The number of esters is 1. The predicted octanol–water partition coefficient (Wildman–Crippen LogP) is 2.63. The largest absolute Gasteiger partial charge is 0.463 e. The summed E-state index contributed by atoms with van der Waals surface area (Å²) < 4.78 is 5.42. The number of likely N-dealkylation sites (N-methyl/N-ethyl adjacent to an activating group) is 1. The number of nitrogens with zero attached hydrogens (tertiary/aromatic N) is 3. The number of rotatable bonds is 6. The van der Waals surface area contributed by atoms with Crippen LogP contribution in [0, 0.1) is 6.92 Å². The Morgan fingerprint density at radius 3 is 2.50 bits per heavy atom. The minimum atomic E-state index is -0.585. The lowest BCUT2D eigenvalue weighted by molar-refractivity contribution is -0.139. The molecule has 2 heterocycles. The van der Waals surface area contributed by atoms with Crippen LogP contribution in [0.5, 0.6) is 0 Å². The highest BCUT2D eigenvalue weighted by molar-refractivity contribution is 5.95. The third kappa shape index (κ3) is 6.08. The standard InChI is InChI=1S/C25H37N5O4/c1-6-34-23(31)21-20(16-29-12-7-13-30(15-14-29)25(33)26-17(2)3)28(5)24(32)27-22(21)19-10-8-18(4)9-11-19/h8-11,17,22H,6-7,12-16H2,1-5H3,(H,26,33)(H,27,32). The number of benzene rings is 1. The van der Waals surface area contributed by atoms with Crippen LogP contribution < -0.4 is 10.6 Å². The van der Waals surface area contributed by atoms with Gasteiger partial charge in [0.1, 0.15) is 0 Å². The minimum absolute atomic E-state index is 0.0584. The van der Waals surface area contributed by atoms with Crippen molar-refractivity contribution in [3.63, 3.8) is 0 Å². The molecule has 2 aliphatic rings. The topological polar surface area (TPSA) is 94.2 Å². The van der Waals surface area contributed by atoms with Crippen LogP contribution >= 0.6 is 0 Å². The van der Waals surface area contributed by atoms with Crippen LogP contribution in [0.25, 0.3) is 0 Å². The third-order valence-electron chi connectivity index (χ3n) is 6.14. The lowest BCUT2D eigenvalue weighted by Crippen LogP contribution is -2.49. The molecule has 186 valence electrons. The fraction of sp³-hybridized carbons (Fsp3) is 0.560. The van der Waals surface area contributed by atoms with E-state index in [4.69, 9.17) is 4.74 Å². The first-order chi connectivity index (χ1) is 16.2. The van der Waals surface area contributed by atoms with Gasteiger partial charge in [-0.05, 0) is 39.7 Å². The van der Waals surface area contributed by atoms with Crippen molar-refractivity contribution in [3.8, 4) is 0 Å². The molecule has 4 amide bonds. The molecule has 2 N–H and O–H groups in total. The molecule has 0 aliphatic carbocycles. The van der Waals surface area contributed by atoms with Gasteiger partial charge in [-0.1, -0.05) is 29.8 Å². The van der Waals surface area contributed by atoms with Crippen LogP contribution in [-0.4, -0.2) is 85.2 Å². The molecular weight excluding hydrogens is 434 g/mol. The maximum atomic E-state index is 13.1. The van der Waals surface area contributed by atoms with Crippen molar-refractivity contribution in [2.24, 2.45) is 0 Å². The Hall–Kier alpha value is -3.07. The summed E-state index contributed by atoms with van der Waals surface area (Å²) in [5.74, 6) is -0.428. The van der Waals surface area contributed by atoms with Crippen molar-refractivity contribution < 1.29 is 19.1 Å². The Labute approximate surface area is 202 Å². The van der Waals surface area contributed by atoms with E-state index in [-0.39, 0.29) is 24.7 Å². The second-order valence-electron chi connectivity index (χ2n) is 9.15. The lowest BCUT2D eigenvalue weighted by Gasteiger charge is -2.36. The molecule has 0 radical (unpaired) electrons. The van der Waals surface area contributed by atoms with Crippen molar-refractivity contribution >= 4 is 18.0 Å². The molecule has 1 fully saturated rings. The summed E-state index contributed by atoms with van der Waals surface area (Å²) in [5, 5.41) is 5.91. The zero-order valence-electron chi connectivity index (χ0n) is 20.9. The van der Waals surface area contributed by atoms with E-state index in [1.165, 1.54) is 4.90 Å². The maximum absolute atomic E-state index is 13.1. The Morgan fingerprint density at radius 1 is 1.15 bits per heavy atom. The monoisotopic (exact) mass is 471 g/mol. The van der Waals surface area contributed by atoms with E-state index >= 15 is 0 Å². The molecule has 1 saturated heterocycles. The van der Waals surface area contributed by atoms with Gasteiger partial charge in [0, 0.05) is 51.5 Å². The summed E-state index contributed by atoms with van der Waals surface area (Å²) in [4.78, 5) is 44.0. The molecule has 34 heavy (non-hydrogen) atoms. The van der Waals surface area contributed by atoms with Gasteiger partial charge in [-0.2, -0.15) is 0 Å². The Bertz CT molecular complexity index is 928. The zero-order valence-corrected chi connectivity index (χ0v) is 20.9. The fourth-order valence-electron chi connectivity index (χ4n) is 4.29. The van der Waals surface area contributed by atoms with E-state index in [1.54, 1.807) is 14.0 Å². The molecule has 0 saturated carbocycles. The van der Waals surface area contributed by atoms with Crippen molar-refractivity contribution in [2.45, 2.75) is 46.2 Å². The van der Waals surface area contributed by atoms with Gasteiger partial charge in [0.2, 0.25) is 0 Å². The van der Waals surface area contributed by atoms with Gasteiger partial charge in [-0.15, -0.1) is 0 Å². The van der Waals surface area contributed by atoms with E-state index in [1.807, 2.05) is 49.9 Å². The fourth-order valence-corrected chi connectivity index (χ4v) is 4.29. The number of ether oxygens (including phenoxy) is 1. The summed E-state index contributed by atoms with van der Waals surface area (Å²) in [7, 11) is 1.68. The molecule has 2 aliphatic heterocycles. The van der Waals surface area contributed by atoms with E-state index in [2.05, 4.69) is 15.5 Å². The first-order valence-electron chi connectivity index (χ1n) is 12.0. The van der Waals surface area contributed by atoms with E-state index < -0.39 is 12.0 Å². The molecule has 9 nitrogen and oxygen atoms in total. The van der Waals surface area contributed by atoms with Crippen LogP contribution in [0.2, 0.25) is 0 Å². The van der Waals surface area contributed by atoms with Crippen LogP contribution in [0.3, 0.4) is 0 Å². The zero-order chi connectivity index (χ0) is 24.8. The van der Waals surface area contributed by atoms with Crippen LogP contribution in [-0.2, 0) is 9.53 Å². The van der Waals surface area contributed by atoms with Gasteiger partial charge >= 0.3 is 18.0 Å². The molecule has 1 aromatic carbocycles. The van der Waals surface area contributed by atoms with Crippen LogP contribution in [0.1, 0.15) is 44.4 Å². The third-order valence-corrected chi connectivity index (χ3v) is 6.14. The molecule has 1 aromatic rings. The average Bonchev–Trinajstić information content (AvgIpc) is 3.02. The summed E-state index contributed by atoms with van der Waals surface area (Å²) in [6, 6.07) is 6.97. The highest BCUT2D eigenvalue weighted by Gasteiger charge is 2.37. The number of carbonyl (C=O) groups is 3. The number of urea groups is 2. The van der Waals surface area contributed by atoms with Gasteiger partial charge in [0.25, 0.3) is 0 Å². The Balaban J connectivity index is 1.89. The predicted molar refractivity (Wildman–Crippen MR) is 130 cm³/mol. The van der Waals surface area contributed by atoms with Gasteiger partial charge in [-0.25, -0.2) is 14.4 Å². The summed E-state index contributed by atoms with van der Waals surface area (Å²) >= 11 is 0. The number of hydrogen-bond donors (Lipinski definition) is 2. The number of amides is 4. The molecule has 0 bridgehead atoms. The molecule has 3 rings (SSSR count). The normalized spacial score (nSPS) is 19.7. The van der Waals surface area contributed by atoms with E-state index in [0.29, 0.717) is 37.4 Å². The quantitative estimate of drug-likeness (QED) is 0.622. The first kappa shape index (κ1) is 25.6. The van der Waals surface area contributed by atoms with E-state index in [0.717, 1.165) is 24.1 Å². The van der Waals surface area contributed by atoms with Crippen molar-refractivity contribution in [3.05, 3.63) is 46.7 Å². The summed E-state index contributed by atoms with van der Waals surface area (Å²) in [6.07, 6.45) is 0.810. The van der Waals surface area contributed by atoms with Crippen molar-refractivity contribution in [2.75, 3.05) is 46.4 Å². The molecule has 0 aromatic heterocycles. The van der Waals surface area contributed by atoms with Crippen molar-refractivity contribution in [1.82, 2.24) is 25.3 Å². The second kappa shape index (κ2) is 11.4. The van der Waals surface area contributed by atoms with Gasteiger partial charge in [-0.3, -0.25) is 9.80 Å². The molecular formula is C25H37N5O4. The molecule has 1 atom stereocenters. The SMILES string of the molecule is CCOC(=O)C1=C(CN2CCCN(C(=O)NC(C)C)CC2)N(C)C(=O)NC1c1ccc(C)cc1. The Kier molecular flexibility index (Phi) is 8.55. The van der Waals surface area contributed by atoms with Gasteiger partial charge in [0.15, 0.2) is 0 Å². The highest BCUT2D eigenvalue weighted by Crippen LogP contribution is 2.31. The molecule has 0 spiro atoms. The van der Waals surface area contributed by atoms with Gasteiger partial charge < -0.3 is 20.3 Å². The molecule has 1 unspecified atom stereocenters. The number of nitrogens with one attached hydrogen (secondary N) is 2. The average molecular weight is 472 g/mol. The first-order valence-corrected chi connectivity index (χ1v) is 12.0. The number of hydrogen-bond acceptors (Lipinski definition) is 5. The van der Waals surface area contributed by atoms with Crippen molar-refractivity contribution in [1.29, 1.82) is 0 Å². The highest BCUT2D eigenvalue weighted by atomic mass is 16.5. The minimum Gasteiger partial charge on any atom is -0.463 e. The lowest BCUT2D eigenvalue weighted by atomic mass is 9.93. The van der Waals surface area contributed by atoms with Gasteiger partial charge in [0.05, 0.1) is 18.2 Å². The number of aryl methyl sites for hydroxylation is 1. The summed E-state index contributed by atoms with van der Waals surface area (Å²) in [6.45, 7) is 11.0. The van der Waals surface area contributed by atoms with Crippen LogP contribution in [0.15, 0.2) is 35.5 Å². The molecule has 9 heteroatoms. The smallest absolute Gasteiger partial charge is 0.338 e. The summed E-state index contributed by atoms with van der Waals surface area (Å²) in [5.41, 5.74) is 3.01. The second-order valence-corrected chi connectivity index (χ2v) is 9.15. The van der Waals surface area contributed by atoms with E-state index in [9.17, 15) is 14.4 Å². The Morgan fingerprint density at radius 2 is 1.85 bits per heavy atom. The van der Waals surface area contributed by atoms with Crippen LogP contribution in [0.4, 0.5) is 9.59 Å². The number of carbonyl (C=O) groups excluding carboxylic acids is 3.